The van der Waals surface area contributed by atoms with Crippen LogP contribution in [0.15, 0.2) is 42.9 Å². The summed E-state index contributed by atoms with van der Waals surface area (Å²) in [6.45, 7) is 10.4. The zero-order valence-electron chi connectivity index (χ0n) is 19.0. The van der Waals surface area contributed by atoms with E-state index in [1.54, 1.807) is 18.6 Å². The first kappa shape index (κ1) is 21.7. The third-order valence-corrected chi connectivity index (χ3v) is 6.36. The standard InChI is InChI=1S/C24H33N5O2/c1-24(2,3)18-5-7-19(8-6-18)29-13-14-31-21(23(29)30)15-20-17-28(12-11-27(20)4)22-16-25-9-10-26-22/h5-10,16,20-21H,11-15,17H2,1-4H3. The minimum Gasteiger partial charge on any atom is -0.366 e. The van der Waals surface area contributed by atoms with Gasteiger partial charge < -0.3 is 14.5 Å². The second-order valence-electron chi connectivity index (χ2n) is 9.53. The lowest BCUT2D eigenvalue weighted by molar-refractivity contribution is -0.135. The molecule has 1 aromatic heterocycles. The number of morpholine rings is 1. The molecule has 0 saturated carbocycles. The molecule has 0 spiro atoms. The molecule has 2 atom stereocenters. The predicted octanol–water partition coefficient (Wildman–Crippen LogP) is 2.72. The number of benzene rings is 1. The van der Waals surface area contributed by atoms with Crippen LogP contribution in [0.1, 0.15) is 32.8 Å². The molecule has 7 heteroatoms. The summed E-state index contributed by atoms with van der Waals surface area (Å²) in [5.41, 5.74) is 2.31. The van der Waals surface area contributed by atoms with Gasteiger partial charge in [-0.25, -0.2) is 4.98 Å². The van der Waals surface area contributed by atoms with Crippen LogP contribution in [0.4, 0.5) is 11.5 Å². The Morgan fingerprint density at radius 1 is 1.10 bits per heavy atom. The molecule has 1 aromatic carbocycles. The number of piperazine rings is 1. The predicted molar refractivity (Wildman–Crippen MR) is 123 cm³/mol. The van der Waals surface area contributed by atoms with Gasteiger partial charge in [0.15, 0.2) is 0 Å². The van der Waals surface area contributed by atoms with Crippen LogP contribution in [-0.2, 0) is 14.9 Å². The van der Waals surface area contributed by atoms with E-state index >= 15 is 0 Å². The van der Waals surface area contributed by atoms with E-state index in [1.165, 1.54) is 5.56 Å². The van der Waals surface area contributed by atoms with Gasteiger partial charge in [-0.15, -0.1) is 0 Å². The van der Waals surface area contributed by atoms with Gasteiger partial charge in [-0.05, 0) is 36.6 Å². The first-order valence-corrected chi connectivity index (χ1v) is 11.1. The van der Waals surface area contributed by atoms with Gasteiger partial charge in [0, 0.05) is 50.3 Å². The van der Waals surface area contributed by atoms with Gasteiger partial charge in [-0.3, -0.25) is 14.7 Å². The van der Waals surface area contributed by atoms with Gasteiger partial charge in [0.1, 0.15) is 11.9 Å². The molecule has 0 bridgehead atoms. The smallest absolute Gasteiger partial charge is 0.256 e. The van der Waals surface area contributed by atoms with E-state index < -0.39 is 6.10 Å². The van der Waals surface area contributed by atoms with Crippen LogP contribution in [-0.4, -0.2) is 72.8 Å². The molecule has 2 aliphatic rings. The Morgan fingerprint density at radius 3 is 2.55 bits per heavy atom. The van der Waals surface area contributed by atoms with Crippen molar-refractivity contribution in [2.24, 2.45) is 0 Å². The number of ether oxygens (including phenoxy) is 1. The van der Waals surface area contributed by atoms with Crippen molar-refractivity contribution in [1.29, 1.82) is 0 Å². The van der Waals surface area contributed by atoms with Crippen molar-refractivity contribution in [3.63, 3.8) is 0 Å². The molecule has 0 radical (unpaired) electrons. The fraction of sp³-hybridized carbons (Fsp3) is 0.542. The van der Waals surface area contributed by atoms with Crippen molar-refractivity contribution in [3.05, 3.63) is 48.4 Å². The van der Waals surface area contributed by atoms with Crippen LogP contribution < -0.4 is 9.80 Å². The summed E-state index contributed by atoms with van der Waals surface area (Å²) in [5, 5.41) is 0. The highest BCUT2D eigenvalue weighted by Gasteiger charge is 2.35. The maximum absolute atomic E-state index is 13.3. The number of carbonyl (C=O) groups is 1. The third-order valence-electron chi connectivity index (χ3n) is 6.36. The lowest BCUT2D eigenvalue weighted by Gasteiger charge is -2.42. The molecular weight excluding hydrogens is 390 g/mol. The topological polar surface area (TPSA) is 61.8 Å². The maximum Gasteiger partial charge on any atom is 0.256 e. The van der Waals surface area contributed by atoms with E-state index in [9.17, 15) is 4.79 Å². The minimum atomic E-state index is -0.426. The normalized spacial score (nSPS) is 23.3. The van der Waals surface area contributed by atoms with Crippen LogP contribution in [0, 0.1) is 0 Å². The molecule has 2 saturated heterocycles. The molecule has 2 unspecified atom stereocenters. The van der Waals surface area contributed by atoms with Crippen molar-refractivity contribution < 1.29 is 9.53 Å². The Morgan fingerprint density at radius 2 is 1.87 bits per heavy atom. The molecule has 166 valence electrons. The van der Waals surface area contributed by atoms with Crippen molar-refractivity contribution >= 4 is 17.4 Å². The van der Waals surface area contributed by atoms with E-state index in [-0.39, 0.29) is 17.4 Å². The Kier molecular flexibility index (Phi) is 6.25. The first-order valence-electron chi connectivity index (χ1n) is 11.1. The van der Waals surface area contributed by atoms with Crippen molar-refractivity contribution in [1.82, 2.24) is 14.9 Å². The molecule has 2 aromatic rings. The minimum absolute atomic E-state index is 0.0554. The fourth-order valence-corrected chi connectivity index (χ4v) is 4.32. The molecule has 4 rings (SSSR count). The SMILES string of the molecule is CN1CCN(c2cnccn2)CC1CC1OCCN(c2ccc(C(C)(C)C)cc2)C1=O. The van der Waals surface area contributed by atoms with Gasteiger partial charge in [-0.2, -0.15) is 0 Å². The monoisotopic (exact) mass is 423 g/mol. The zero-order valence-corrected chi connectivity index (χ0v) is 19.0. The van der Waals surface area contributed by atoms with Crippen LogP contribution in [0.2, 0.25) is 0 Å². The van der Waals surface area contributed by atoms with Crippen molar-refractivity contribution in [2.45, 2.75) is 44.8 Å². The maximum atomic E-state index is 13.3. The summed E-state index contributed by atoms with van der Waals surface area (Å²) in [5.74, 6) is 0.942. The second-order valence-corrected chi connectivity index (χ2v) is 9.53. The summed E-state index contributed by atoms with van der Waals surface area (Å²) in [6.07, 6.45) is 5.45. The Balaban J connectivity index is 1.44. The number of amides is 1. The van der Waals surface area contributed by atoms with Gasteiger partial charge in [0.05, 0.1) is 12.8 Å². The van der Waals surface area contributed by atoms with Gasteiger partial charge >= 0.3 is 0 Å². The third kappa shape index (κ3) is 4.88. The first-order chi connectivity index (χ1) is 14.8. The largest absolute Gasteiger partial charge is 0.366 e. The summed E-state index contributed by atoms with van der Waals surface area (Å²) in [7, 11) is 2.12. The van der Waals surface area contributed by atoms with E-state index in [4.69, 9.17) is 4.74 Å². The van der Waals surface area contributed by atoms with Crippen molar-refractivity contribution in [3.8, 4) is 0 Å². The summed E-state index contributed by atoms with van der Waals surface area (Å²) >= 11 is 0. The summed E-state index contributed by atoms with van der Waals surface area (Å²) in [6, 6.07) is 8.59. The van der Waals surface area contributed by atoms with E-state index in [0.717, 1.165) is 31.1 Å². The van der Waals surface area contributed by atoms with Crippen LogP contribution in [0.3, 0.4) is 0 Å². The second kappa shape index (κ2) is 8.93. The molecule has 0 aliphatic carbocycles. The molecule has 0 N–H and O–H groups in total. The molecule has 2 fully saturated rings. The van der Waals surface area contributed by atoms with Crippen LogP contribution in [0.5, 0.6) is 0 Å². The molecule has 3 heterocycles. The van der Waals surface area contributed by atoms with Gasteiger partial charge in [0.25, 0.3) is 5.91 Å². The summed E-state index contributed by atoms with van der Waals surface area (Å²) < 4.78 is 5.95. The number of anilines is 2. The molecule has 7 nitrogen and oxygen atoms in total. The zero-order chi connectivity index (χ0) is 22.0. The fourth-order valence-electron chi connectivity index (χ4n) is 4.32. The lowest BCUT2D eigenvalue weighted by Crippen LogP contribution is -2.56. The van der Waals surface area contributed by atoms with Gasteiger partial charge in [0.2, 0.25) is 0 Å². The highest BCUT2D eigenvalue weighted by atomic mass is 16.5. The Hall–Kier alpha value is -2.51. The number of nitrogens with zero attached hydrogens (tertiary/aromatic N) is 5. The highest BCUT2D eigenvalue weighted by molar-refractivity contribution is 5.97. The number of rotatable bonds is 4. The number of hydrogen-bond donors (Lipinski definition) is 0. The average Bonchev–Trinajstić information content (AvgIpc) is 2.77. The van der Waals surface area contributed by atoms with Crippen LogP contribution in [0.25, 0.3) is 0 Å². The van der Waals surface area contributed by atoms with Crippen molar-refractivity contribution in [2.75, 3.05) is 49.6 Å². The number of likely N-dealkylation sites (N-methyl/N-ethyl adjacent to an activating group) is 1. The number of carbonyl (C=O) groups excluding carboxylic acids is 1. The molecular formula is C24H33N5O2. The molecule has 31 heavy (non-hydrogen) atoms. The average molecular weight is 424 g/mol. The number of aromatic nitrogens is 2. The molecule has 1 amide bonds. The van der Waals surface area contributed by atoms with Crippen LogP contribution >= 0.6 is 0 Å². The van der Waals surface area contributed by atoms with E-state index in [1.807, 2.05) is 4.90 Å². The Labute approximate surface area is 185 Å². The van der Waals surface area contributed by atoms with E-state index in [0.29, 0.717) is 19.6 Å². The van der Waals surface area contributed by atoms with E-state index in [2.05, 4.69) is 71.9 Å². The lowest BCUT2D eigenvalue weighted by atomic mass is 9.87. The summed E-state index contributed by atoms with van der Waals surface area (Å²) in [4.78, 5) is 28.4. The quantitative estimate of drug-likeness (QED) is 0.754. The Bertz CT molecular complexity index is 881. The van der Waals surface area contributed by atoms with Gasteiger partial charge in [-0.1, -0.05) is 32.9 Å². The molecule has 2 aliphatic heterocycles. The number of hydrogen-bond acceptors (Lipinski definition) is 6. The highest BCUT2D eigenvalue weighted by Crippen LogP contribution is 2.27.